The lowest BCUT2D eigenvalue weighted by Crippen LogP contribution is -2.31. The van der Waals surface area contributed by atoms with Crippen LogP contribution in [0.3, 0.4) is 0 Å². The summed E-state index contributed by atoms with van der Waals surface area (Å²) in [7, 11) is 0. The fourth-order valence-corrected chi connectivity index (χ4v) is 2.72. The number of anilines is 1. The Balaban J connectivity index is 1.82. The normalized spacial score (nSPS) is 13.5. The standard InChI is InChI=1S/C17H21N5O2/c1-10(2)19-16(23)11-5-3-4-6-13(11)20-17(24)15-12-9-18-8-7-14(12)21-22-15/h3-6,10,18H,7-9H2,1-2H3,(H,19,23)(H,20,24)(H,21,22). The predicted molar refractivity (Wildman–Crippen MR) is 91.0 cm³/mol. The molecule has 1 aliphatic rings. The summed E-state index contributed by atoms with van der Waals surface area (Å²) in [5, 5.41) is 15.9. The molecular formula is C17H21N5O2. The minimum atomic E-state index is -0.319. The number of carbonyl (C=O) groups excluding carboxylic acids is 2. The number of hydrogen-bond donors (Lipinski definition) is 4. The van der Waals surface area contributed by atoms with Crippen molar-refractivity contribution in [3.8, 4) is 0 Å². The highest BCUT2D eigenvalue weighted by molar-refractivity contribution is 6.08. The number of amides is 2. The van der Waals surface area contributed by atoms with Crippen molar-refractivity contribution in [3.63, 3.8) is 0 Å². The summed E-state index contributed by atoms with van der Waals surface area (Å²) < 4.78 is 0. The van der Waals surface area contributed by atoms with Gasteiger partial charge in [-0.05, 0) is 26.0 Å². The maximum Gasteiger partial charge on any atom is 0.276 e. The van der Waals surface area contributed by atoms with Crippen LogP contribution in [0.2, 0.25) is 0 Å². The third kappa shape index (κ3) is 3.30. The molecule has 24 heavy (non-hydrogen) atoms. The van der Waals surface area contributed by atoms with Crippen molar-refractivity contribution in [2.75, 3.05) is 11.9 Å². The highest BCUT2D eigenvalue weighted by Gasteiger charge is 2.22. The number of nitrogens with zero attached hydrogens (tertiary/aromatic N) is 1. The third-order valence-corrected chi connectivity index (χ3v) is 3.86. The molecule has 1 aromatic carbocycles. The second kappa shape index (κ2) is 6.84. The number of nitrogens with one attached hydrogen (secondary N) is 4. The van der Waals surface area contributed by atoms with Gasteiger partial charge in [-0.1, -0.05) is 12.1 Å². The maximum absolute atomic E-state index is 12.6. The van der Waals surface area contributed by atoms with Gasteiger partial charge in [-0.3, -0.25) is 14.7 Å². The van der Waals surface area contributed by atoms with E-state index in [0.717, 1.165) is 24.2 Å². The van der Waals surface area contributed by atoms with Gasteiger partial charge in [-0.15, -0.1) is 0 Å². The zero-order valence-corrected chi connectivity index (χ0v) is 13.8. The second-order valence-corrected chi connectivity index (χ2v) is 6.08. The lowest BCUT2D eigenvalue weighted by atomic mass is 10.1. The van der Waals surface area contributed by atoms with Crippen molar-refractivity contribution in [2.45, 2.75) is 32.9 Å². The van der Waals surface area contributed by atoms with Gasteiger partial charge in [-0.25, -0.2) is 0 Å². The van der Waals surface area contributed by atoms with Gasteiger partial charge in [0.1, 0.15) is 0 Å². The van der Waals surface area contributed by atoms with Crippen LogP contribution in [0.15, 0.2) is 24.3 Å². The molecule has 4 N–H and O–H groups in total. The van der Waals surface area contributed by atoms with Crippen LogP contribution < -0.4 is 16.0 Å². The van der Waals surface area contributed by atoms with E-state index < -0.39 is 0 Å². The van der Waals surface area contributed by atoms with Gasteiger partial charge in [-0.2, -0.15) is 5.10 Å². The van der Waals surface area contributed by atoms with Crippen LogP contribution in [0.4, 0.5) is 5.69 Å². The van der Waals surface area contributed by atoms with Gasteiger partial charge in [0.2, 0.25) is 0 Å². The number of para-hydroxylation sites is 1. The average Bonchev–Trinajstić information content (AvgIpc) is 2.98. The molecule has 2 amide bonds. The lowest BCUT2D eigenvalue weighted by Gasteiger charge is -2.14. The molecule has 7 heteroatoms. The van der Waals surface area contributed by atoms with Crippen LogP contribution in [-0.4, -0.2) is 34.6 Å². The van der Waals surface area contributed by atoms with Crippen molar-refractivity contribution in [1.29, 1.82) is 0 Å². The molecule has 1 aromatic heterocycles. The van der Waals surface area contributed by atoms with Crippen LogP contribution in [0.1, 0.15) is 46.0 Å². The first-order valence-corrected chi connectivity index (χ1v) is 8.04. The number of rotatable bonds is 4. The number of fused-ring (bicyclic) bond motifs is 1. The summed E-state index contributed by atoms with van der Waals surface area (Å²) in [6, 6.07) is 6.97. The van der Waals surface area contributed by atoms with Gasteiger partial charge >= 0.3 is 0 Å². The first kappa shape index (κ1) is 16.2. The van der Waals surface area contributed by atoms with Crippen molar-refractivity contribution < 1.29 is 9.59 Å². The summed E-state index contributed by atoms with van der Waals surface area (Å²) in [5.74, 6) is -0.535. The fourth-order valence-electron chi connectivity index (χ4n) is 2.72. The average molecular weight is 327 g/mol. The Hall–Kier alpha value is -2.67. The molecule has 0 bridgehead atoms. The Morgan fingerprint density at radius 3 is 2.79 bits per heavy atom. The first-order valence-electron chi connectivity index (χ1n) is 8.04. The molecular weight excluding hydrogens is 306 g/mol. The van der Waals surface area contributed by atoms with E-state index in [9.17, 15) is 9.59 Å². The van der Waals surface area contributed by atoms with Gasteiger partial charge in [0.25, 0.3) is 11.8 Å². The predicted octanol–water partition coefficient (Wildman–Crippen LogP) is 1.45. The van der Waals surface area contributed by atoms with Crippen LogP contribution in [0, 0.1) is 0 Å². The molecule has 0 aliphatic carbocycles. The number of hydrogen-bond acceptors (Lipinski definition) is 4. The van der Waals surface area contributed by atoms with E-state index in [0.29, 0.717) is 23.5 Å². The quantitative estimate of drug-likeness (QED) is 0.683. The molecule has 1 aliphatic heterocycles. The molecule has 0 fully saturated rings. The fraction of sp³-hybridized carbons (Fsp3) is 0.353. The molecule has 0 saturated heterocycles. The summed E-state index contributed by atoms with van der Waals surface area (Å²) in [4.78, 5) is 24.9. The molecule has 0 saturated carbocycles. The van der Waals surface area contributed by atoms with Crippen LogP contribution in [0.25, 0.3) is 0 Å². The van der Waals surface area contributed by atoms with E-state index in [2.05, 4.69) is 26.1 Å². The zero-order chi connectivity index (χ0) is 17.1. The monoisotopic (exact) mass is 327 g/mol. The largest absolute Gasteiger partial charge is 0.350 e. The van der Waals surface area contributed by atoms with Gasteiger partial charge < -0.3 is 16.0 Å². The highest BCUT2D eigenvalue weighted by atomic mass is 16.2. The molecule has 3 rings (SSSR count). The second-order valence-electron chi connectivity index (χ2n) is 6.08. The number of carbonyl (C=O) groups is 2. The summed E-state index contributed by atoms with van der Waals surface area (Å²) in [6.45, 7) is 5.27. The topological polar surface area (TPSA) is 98.9 Å². The molecule has 0 atom stereocenters. The summed E-state index contributed by atoms with van der Waals surface area (Å²) in [6.07, 6.45) is 0.822. The number of aromatic nitrogens is 2. The molecule has 0 unspecified atom stereocenters. The lowest BCUT2D eigenvalue weighted by molar-refractivity contribution is 0.0944. The van der Waals surface area contributed by atoms with Gasteiger partial charge in [0.05, 0.1) is 11.3 Å². The van der Waals surface area contributed by atoms with Gasteiger partial charge in [0.15, 0.2) is 5.69 Å². The Morgan fingerprint density at radius 2 is 2.00 bits per heavy atom. The summed E-state index contributed by atoms with van der Waals surface area (Å²) in [5.41, 5.74) is 3.16. The van der Waals surface area contributed by atoms with E-state index in [1.807, 2.05) is 13.8 Å². The Labute approximate surface area is 140 Å². The SMILES string of the molecule is CC(C)NC(=O)c1ccccc1NC(=O)c1n[nH]c2c1CNCC2. The minimum absolute atomic E-state index is 0.0192. The van der Waals surface area contributed by atoms with Crippen LogP contribution in [-0.2, 0) is 13.0 Å². The molecule has 2 aromatic rings. The Kier molecular flexibility index (Phi) is 4.61. The Bertz CT molecular complexity index is 766. The molecule has 2 heterocycles. The zero-order valence-electron chi connectivity index (χ0n) is 13.8. The number of benzene rings is 1. The van der Waals surface area contributed by atoms with E-state index >= 15 is 0 Å². The molecule has 0 radical (unpaired) electrons. The molecule has 126 valence electrons. The maximum atomic E-state index is 12.6. The minimum Gasteiger partial charge on any atom is -0.350 e. The van der Waals surface area contributed by atoms with Gasteiger partial charge in [0, 0.05) is 36.8 Å². The van der Waals surface area contributed by atoms with Crippen molar-refractivity contribution in [1.82, 2.24) is 20.8 Å². The number of aromatic amines is 1. The highest BCUT2D eigenvalue weighted by Crippen LogP contribution is 2.19. The van der Waals surface area contributed by atoms with Crippen LogP contribution >= 0.6 is 0 Å². The van der Waals surface area contributed by atoms with Crippen molar-refractivity contribution >= 4 is 17.5 Å². The first-order chi connectivity index (χ1) is 11.6. The van der Waals surface area contributed by atoms with Crippen LogP contribution in [0.5, 0.6) is 0 Å². The smallest absolute Gasteiger partial charge is 0.276 e. The number of H-pyrrole nitrogens is 1. The summed E-state index contributed by atoms with van der Waals surface area (Å²) >= 11 is 0. The van der Waals surface area contributed by atoms with E-state index in [4.69, 9.17) is 0 Å². The van der Waals surface area contributed by atoms with Crippen molar-refractivity contribution in [3.05, 3.63) is 46.8 Å². The van der Waals surface area contributed by atoms with E-state index in [1.165, 1.54) is 0 Å². The van der Waals surface area contributed by atoms with Crippen molar-refractivity contribution in [2.24, 2.45) is 0 Å². The molecule has 7 nitrogen and oxygen atoms in total. The molecule has 0 spiro atoms. The van der Waals surface area contributed by atoms with E-state index in [-0.39, 0.29) is 17.9 Å². The Morgan fingerprint density at radius 1 is 1.21 bits per heavy atom. The van der Waals surface area contributed by atoms with E-state index in [1.54, 1.807) is 24.3 Å². The third-order valence-electron chi connectivity index (χ3n) is 3.86.